The number of carbonyl (C=O) groups is 1. The normalized spacial score (nSPS) is 13.5. The third-order valence-corrected chi connectivity index (χ3v) is 4.58. The highest BCUT2D eigenvalue weighted by molar-refractivity contribution is 9.10. The number of alkyl halides is 1. The van der Waals surface area contributed by atoms with E-state index in [9.17, 15) is 13.6 Å². The van der Waals surface area contributed by atoms with Crippen LogP contribution in [0, 0.1) is 5.82 Å². The van der Waals surface area contributed by atoms with Crippen molar-refractivity contribution in [2.45, 2.75) is 12.6 Å². The Kier molecular flexibility index (Phi) is 4.37. The number of fused-ring (bicyclic) bond motifs is 1. The van der Waals surface area contributed by atoms with Gasteiger partial charge in [-0.05, 0) is 42.0 Å². The van der Waals surface area contributed by atoms with Crippen LogP contribution in [0.5, 0.6) is 0 Å². The van der Waals surface area contributed by atoms with Crippen LogP contribution in [0.2, 0.25) is 0 Å². The van der Waals surface area contributed by atoms with E-state index in [1.54, 1.807) is 12.1 Å². The monoisotopic (exact) mass is 389 g/mol. The van der Waals surface area contributed by atoms with Crippen molar-refractivity contribution in [3.63, 3.8) is 0 Å². The van der Waals surface area contributed by atoms with Crippen LogP contribution in [0.15, 0.2) is 65.1 Å². The van der Waals surface area contributed by atoms with Crippen molar-refractivity contribution in [3.8, 4) is 0 Å². The average molecular weight is 390 g/mol. The minimum atomic E-state index is -2.47. The molecule has 1 N–H and O–H groups in total. The molecule has 0 aliphatic heterocycles. The summed E-state index contributed by atoms with van der Waals surface area (Å²) in [6.07, 6.45) is 0. The Bertz CT molecular complexity index is 924. The van der Waals surface area contributed by atoms with Gasteiger partial charge in [0.25, 0.3) is 5.91 Å². The average Bonchev–Trinajstić information content (AvgIpc) is 2.55. The van der Waals surface area contributed by atoms with Crippen molar-refractivity contribution in [2.24, 2.45) is 0 Å². The first-order valence-corrected chi connectivity index (χ1v) is 8.12. The Morgan fingerprint density at radius 3 is 2.58 bits per heavy atom. The van der Waals surface area contributed by atoms with Gasteiger partial charge in [-0.2, -0.15) is 0 Å². The molecule has 2 nitrogen and oxygen atoms in total. The highest BCUT2D eigenvalue weighted by atomic mass is 79.9. The fourth-order valence-electron chi connectivity index (χ4n) is 2.53. The summed E-state index contributed by atoms with van der Waals surface area (Å²) in [7, 11) is 0. The molecule has 3 aromatic rings. The number of anilines is 1. The number of hydrogen-bond donors (Lipinski definition) is 1. The Labute approximate surface area is 146 Å². The zero-order valence-corrected chi connectivity index (χ0v) is 14.4. The first kappa shape index (κ1) is 16.6. The summed E-state index contributed by atoms with van der Waals surface area (Å²) in [4.78, 5) is 12.3. The van der Waals surface area contributed by atoms with Gasteiger partial charge in [0.15, 0.2) is 0 Å². The van der Waals surface area contributed by atoms with Crippen molar-refractivity contribution in [1.29, 1.82) is 0 Å². The highest BCUT2D eigenvalue weighted by Gasteiger charge is 2.37. The lowest BCUT2D eigenvalue weighted by atomic mass is 9.96. The smallest absolute Gasteiger partial charge is 0.266 e. The molecule has 3 aromatic carbocycles. The molecule has 0 spiro atoms. The van der Waals surface area contributed by atoms with Crippen LogP contribution in [0.3, 0.4) is 0 Å². The number of nitrogens with one attached hydrogen (secondary N) is 1. The lowest BCUT2D eigenvalue weighted by Crippen LogP contribution is -2.34. The van der Waals surface area contributed by atoms with Crippen LogP contribution in [0.1, 0.15) is 12.5 Å². The summed E-state index contributed by atoms with van der Waals surface area (Å²) in [5.41, 5.74) is -2.31. The van der Waals surface area contributed by atoms with Gasteiger partial charge >= 0.3 is 0 Å². The largest absolute Gasteiger partial charge is 0.323 e. The second-order valence-corrected chi connectivity index (χ2v) is 6.47. The fraction of sp³-hybridized carbons (Fsp3) is 0.105. The van der Waals surface area contributed by atoms with Gasteiger partial charge in [0, 0.05) is 15.7 Å². The quantitative estimate of drug-likeness (QED) is 0.623. The van der Waals surface area contributed by atoms with Gasteiger partial charge in [0.1, 0.15) is 5.82 Å². The standard InChI is InChI=1S/C19H14BrF2NO/c1-19(22,15-6-2-3-8-17(15)21)18(24)23-13-9-10-14-12(11-13)5-4-7-16(14)20/h2-11H,1H3,(H,23,24). The van der Waals surface area contributed by atoms with Crippen molar-refractivity contribution in [3.05, 3.63) is 76.5 Å². The second-order valence-electron chi connectivity index (χ2n) is 5.61. The number of amides is 1. The molecule has 0 saturated carbocycles. The third kappa shape index (κ3) is 3.04. The van der Waals surface area contributed by atoms with Gasteiger partial charge in [-0.15, -0.1) is 0 Å². The Morgan fingerprint density at radius 1 is 1.08 bits per heavy atom. The molecule has 0 saturated heterocycles. The molecule has 1 unspecified atom stereocenters. The van der Waals surface area contributed by atoms with E-state index in [2.05, 4.69) is 21.2 Å². The summed E-state index contributed by atoms with van der Waals surface area (Å²) in [6, 6.07) is 16.3. The summed E-state index contributed by atoms with van der Waals surface area (Å²) in [5.74, 6) is -1.66. The maximum Gasteiger partial charge on any atom is 0.266 e. The molecule has 0 radical (unpaired) electrons. The third-order valence-electron chi connectivity index (χ3n) is 3.89. The SMILES string of the molecule is CC(F)(C(=O)Nc1ccc2c(Br)cccc2c1)c1ccccc1F. The molecule has 0 heterocycles. The number of carbonyl (C=O) groups excluding carboxylic acids is 1. The number of benzene rings is 3. The molecule has 3 rings (SSSR count). The molecule has 1 amide bonds. The van der Waals surface area contributed by atoms with Gasteiger partial charge in [0.2, 0.25) is 5.67 Å². The fourth-order valence-corrected chi connectivity index (χ4v) is 3.05. The molecule has 24 heavy (non-hydrogen) atoms. The lowest BCUT2D eigenvalue weighted by molar-refractivity contribution is -0.127. The van der Waals surface area contributed by atoms with Crippen LogP contribution in [0.25, 0.3) is 10.8 Å². The lowest BCUT2D eigenvalue weighted by Gasteiger charge is -2.21. The van der Waals surface area contributed by atoms with E-state index in [1.165, 1.54) is 18.2 Å². The van der Waals surface area contributed by atoms with Crippen LogP contribution >= 0.6 is 15.9 Å². The van der Waals surface area contributed by atoms with Crippen LogP contribution in [-0.4, -0.2) is 5.91 Å². The minimum absolute atomic E-state index is 0.286. The Morgan fingerprint density at radius 2 is 1.83 bits per heavy atom. The predicted octanol–water partition coefficient (Wildman–Crippen LogP) is 5.56. The second kappa shape index (κ2) is 6.32. The van der Waals surface area contributed by atoms with Crippen molar-refractivity contribution < 1.29 is 13.6 Å². The molecule has 5 heteroatoms. The molecular weight excluding hydrogens is 376 g/mol. The molecular formula is C19H14BrF2NO. The van der Waals surface area contributed by atoms with E-state index in [1.807, 2.05) is 24.3 Å². The number of rotatable bonds is 3. The summed E-state index contributed by atoms with van der Waals surface area (Å²) < 4.78 is 29.6. The van der Waals surface area contributed by atoms with Gasteiger partial charge in [-0.3, -0.25) is 4.79 Å². The first-order valence-electron chi connectivity index (χ1n) is 7.33. The van der Waals surface area contributed by atoms with Gasteiger partial charge in [-0.25, -0.2) is 8.78 Å². The van der Waals surface area contributed by atoms with Crippen molar-refractivity contribution in [2.75, 3.05) is 5.32 Å². The van der Waals surface area contributed by atoms with Gasteiger partial charge in [-0.1, -0.05) is 52.3 Å². The van der Waals surface area contributed by atoms with Crippen molar-refractivity contribution in [1.82, 2.24) is 0 Å². The van der Waals surface area contributed by atoms with E-state index < -0.39 is 17.4 Å². The molecule has 0 aliphatic rings. The topological polar surface area (TPSA) is 29.1 Å². The van der Waals surface area contributed by atoms with Crippen molar-refractivity contribution >= 4 is 38.3 Å². The van der Waals surface area contributed by atoms with E-state index in [4.69, 9.17) is 0 Å². The number of halogens is 3. The van der Waals surface area contributed by atoms with E-state index in [-0.39, 0.29) is 5.56 Å². The maximum absolute atomic E-state index is 14.9. The zero-order chi connectivity index (χ0) is 17.3. The van der Waals surface area contributed by atoms with Crippen LogP contribution in [0.4, 0.5) is 14.5 Å². The van der Waals surface area contributed by atoms with Crippen LogP contribution in [-0.2, 0) is 10.5 Å². The molecule has 0 fully saturated rings. The van der Waals surface area contributed by atoms with Gasteiger partial charge in [0.05, 0.1) is 0 Å². The highest BCUT2D eigenvalue weighted by Crippen LogP contribution is 2.31. The number of hydrogen-bond acceptors (Lipinski definition) is 1. The summed E-state index contributed by atoms with van der Waals surface area (Å²) >= 11 is 3.45. The minimum Gasteiger partial charge on any atom is -0.323 e. The van der Waals surface area contributed by atoms with E-state index in [0.29, 0.717) is 5.69 Å². The molecule has 0 aromatic heterocycles. The molecule has 1 atom stereocenters. The summed E-state index contributed by atoms with van der Waals surface area (Å²) in [5, 5.41) is 4.40. The Balaban J connectivity index is 1.90. The molecule has 0 bridgehead atoms. The predicted molar refractivity (Wildman–Crippen MR) is 95.1 cm³/mol. The Hall–Kier alpha value is -2.27. The van der Waals surface area contributed by atoms with Gasteiger partial charge < -0.3 is 5.32 Å². The van der Waals surface area contributed by atoms with Crippen LogP contribution < -0.4 is 5.32 Å². The molecule has 0 aliphatic carbocycles. The van der Waals surface area contributed by atoms with E-state index >= 15 is 0 Å². The molecule has 122 valence electrons. The van der Waals surface area contributed by atoms with E-state index in [0.717, 1.165) is 28.2 Å². The maximum atomic E-state index is 14.9. The zero-order valence-electron chi connectivity index (χ0n) is 12.8. The first-order chi connectivity index (χ1) is 11.4. The summed E-state index contributed by atoms with van der Waals surface area (Å²) in [6.45, 7) is 1.05.